The van der Waals surface area contributed by atoms with Crippen molar-refractivity contribution in [1.29, 1.82) is 0 Å². The summed E-state index contributed by atoms with van der Waals surface area (Å²) in [4.78, 5) is 27.6. The lowest BCUT2D eigenvalue weighted by molar-refractivity contribution is -0.134. The summed E-state index contributed by atoms with van der Waals surface area (Å²) in [6, 6.07) is 27.7. The fraction of sp³-hybridized carbons (Fsp3) is 0.259. The second kappa shape index (κ2) is 9.69. The lowest BCUT2D eigenvalue weighted by atomic mass is 9.78. The van der Waals surface area contributed by atoms with Gasteiger partial charge in [0, 0.05) is 20.1 Å². The number of hydrogen-bond acceptors (Lipinski definition) is 3. The molecule has 1 saturated heterocycles. The molecule has 0 saturated carbocycles. The molecule has 3 aromatic rings. The molecule has 1 aliphatic rings. The molecule has 1 atom stereocenters. The lowest BCUT2D eigenvalue weighted by Gasteiger charge is -2.28. The summed E-state index contributed by atoms with van der Waals surface area (Å²) in [6.07, 6.45) is 1.19. The van der Waals surface area contributed by atoms with Gasteiger partial charge in [0.2, 0.25) is 5.91 Å². The van der Waals surface area contributed by atoms with Gasteiger partial charge in [-0.25, -0.2) is 0 Å². The van der Waals surface area contributed by atoms with Gasteiger partial charge in [-0.2, -0.15) is 0 Å². The van der Waals surface area contributed by atoms with Crippen molar-refractivity contribution in [3.8, 4) is 16.9 Å². The van der Waals surface area contributed by atoms with E-state index in [4.69, 9.17) is 4.74 Å². The van der Waals surface area contributed by atoms with E-state index in [-0.39, 0.29) is 18.4 Å². The van der Waals surface area contributed by atoms with Gasteiger partial charge in [0.25, 0.3) is 5.91 Å². The molecule has 3 aromatic carbocycles. The molecular weight excluding hydrogens is 400 g/mol. The molecule has 1 N–H and O–H groups in total. The number of hydrogen-bond donors (Lipinski definition) is 1. The van der Waals surface area contributed by atoms with Crippen LogP contribution in [0.5, 0.6) is 5.75 Å². The van der Waals surface area contributed by atoms with Gasteiger partial charge < -0.3 is 15.0 Å². The van der Waals surface area contributed by atoms with Crippen LogP contribution in [-0.4, -0.2) is 43.5 Å². The number of carbonyl (C=O) groups excluding carboxylic acids is 2. The highest BCUT2D eigenvalue weighted by molar-refractivity contribution is 5.86. The van der Waals surface area contributed by atoms with E-state index in [9.17, 15) is 9.59 Å². The van der Waals surface area contributed by atoms with Crippen LogP contribution in [0, 0.1) is 5.41 Å². The fourth-order valence-corrected chi connectivity index (χ4v) is 4.45. The first kappa shape index (κ1) is 21.6. The predicted molar refractivity (Wildman–Crippen MR) is 125 cm³/mol. The van der Waals surface area contributed by atoms with Gasteiger partial charge in [-0.3, -0.25) is 9.59 Å². The number of amides is 2. The number of ether oxygens (including phenoxy) is 1. The monoisotopic (exact) mass is 428 g/mol. The van der Waals surface area contributed by atoms with Gasteiger partial charge in [0.05, 0.1) is 5.41 Å². The standard InChI is InChI=1S/C27H28N2O3/c1-28-26(31)27(18-22-12-8-9-15-24(22)21-10-4-2-5-11-21)16-17-29(20-27)25(30)19-32-23-13-6-3-7-14-23/h2-15H,16-20H2,1H3,(H,28,31). The van der Waals surface area contributed by atoms with Gasteiger partial charge in [0.1, 0.15) is 5.75 Å². The van der Waals surface area contributed by atoms with Gasteiger partial charge in [0.15, 0.2) is 6.61 Å². The number of carbonyl (C=O) groups is 2. The summed E-state index contributed by atoms with van der Waals surface area (Å²) in [5, 5.41) is 2.84. The van der Waals surface area contributed by atoms with Crippen LogP contribution in [0.3, 0.4) is 0 Å². The van der Waals surface area contributed by atoms with Crippen LogP contribution in [0.15, 0.2) is 84.9 Å². The van der Waals surface area contributed by atoms with Crippen molar-refractivity contribution in [1.82, 2.24) is 10.2 Å². The first-order valence-electron chi connectivity index (χ1n) is 10.9. The third kappa shape index (κ3) is 4.67. The zero-order valence-electron chi connectivity index (χ0n) is 18.3. The Morgan fingerprint density at radius 3 is 2.31 bits per heavy atom. The van der Waals surface area contributed by atoms with Crippen LogP contribution in [0.25, 0.3) is 11.1 Å². The average molecular weight is 429 g/mol. The lowest BCUT2D eigenvalue weighted by Crippen LogP contribution is -2.44. The first-order valence-corrected chi connectivity index (χ1v) is 10.9. The molecule has 5 nitrogen and oxygen atoms in total. The van der Waals surface area contributed by atoms with E-state index >= 15 is 0 Å². The molecule has 1 heterocycles. The van der Waals surface area contributed by atoms with Crippen LogP contribution in [-0.2, 0) is 16.0 Å². The molecule has 0 aliphatic carbocycles. The van der Waals surface area contributed by atoms with Crippen molar-refractivity contribution >= 4 is 11.8 Å². The van der Waals surface area contributed by atoms with Gasteiger partial charge in [-0.15, -0.1) is 0 Å². The average Bonchev–Trinajstić information content (AvgIpc) is 3.29. The van der Waals surface area contributed by atoms with Crippen LogP contribution < -0.4 is 10.1 Å². The largest absolute Gasteiger partial charge is 0.484 e. The molecule has 1 fully saturated rings. The normalized spacial score (nSPS) is 17.7. The number of likely N-dealkylation sites (tertiary alicyclic amines) is 1. The molecule has 0 bridgehead atoms. The van der Waals surface area contributed by atoms with Gasteiger partial charge in [-0.1, -0.05) is 72.8 Å². The maximum Gasteiger partial charge on any atom is 0.260 e. The first-order chi connectivity index (χ1) is 15.6. The van der Waals surface area contributed by atoms with Crippen molar-refractivity contribution in [2.75, 3.05) is 26.7 Å². The minimum absolute atomic E-state index is 0.0281. The smallest absolute Gasteiger partial charge is 0.260 e. The Morgan fingerprint density at radius 2 is 1.59 bits per heavy atom. The summed E-state index contributed by atoms with van der Waals surface area (Å²) in [7, 11) is 1.66. The zero-order chi connectivity index (χ0) is 22.4. The number of para-hydroxylation sites is 1. The second-order valence-electron chi connectivity index (χ2n) is 8.23. The van der Waals surface area contributed by atoms with Crippen LogP contribution in [0.2, 0.25) is 0 Å². The van der Waals surface area contributed by atoms with Crippen molar-refractivity contribution in [2.24, 2.45) is 5.41 Å². The highest BCUT2D eigenvalue weighted by Gasteiger charge is 2.45. The quantitative estimate of drug-likeness (QED) is 0.620. The molecule has 0 spiro atoms. The van der Waals surface area contributed by atoms with E-state index in [0.29, 0.717) is 31.7 Å². The molecule has 0 aromatic heterocycles. The van der Waals surface area contributed by atoms with E-state index in [0.717, 1.165) is 16.7 Å². The van der Waals surface area contributed by atoms with Crippen LogP contribution in [0.4, 0.5) is 0 Å². The number of rotatable bonds is 7. The van der Waals surface area contributed by atoms with Crippen molar-refractivity contribution in [3.05, 3.63) is 90.5 Å². The maximum atomic E-state index is 13.1. The van der Waals surface area contributed by atoms with E-state index in [1.54, 1.807) is 11.9 Å². The molecule has 164 valence electrons. The van der Waals surface area contributed by atoms with E-state index < -0.39 is 5.41 Å². The zero-order valence-corrected chi connectivity index (χ0v) is 18.3. The highest BCUT2D eigenvalue weighted by Crippen LogP contribution is 2.37. The second-order valence-corrected chi connectivity index (χ2v) is 8.23. The van der Waals surface area contributed by atoms with E-state index in [1.807, 2.05) is 60.7 Å². The maximum absolute atomic E-state index is 13.1. The number of nitrogens with one attached hydrogen (secondary N) is 1. The summed E-state index contributed by atoms with van der Waals surface area (Å²) < 4.78 is 5.64. The topological polar surface area (TPSA) is 58.6 Å². The Kier molecular flexibility index (Phi) is 6.55. The number of nitrogens with zero attached hydrogens (tertiary/aromatic N) is 1. The minimum atomic E-state index is -0.665. The Balaban J connectivity index is 1.52. The van der Waals surface area contributed by atoms with Crippen molar-refractivity contribution in [3.63, 3.8) is 0 Å². The number of benzene rings is 3. The summed E-state index contributed by atoms with van der Waals surface area (Å²) in [5.74, 6) is 0.532. The predicted octanol–water partition coefficient (Wildman–Crippen LogP) is 3.94. The summed E-state index contributed by atoms with van der Waals surface area (Å²) in [5.41, 5.74) is 2.69. The molecule has 32 heavy (non-hydrogen) atoms. The third-order valence-electron chi connectivity index (χ3n) is 6.15. The van der Waals surface area contributed by atoms with Gasteiger partial charge >= 0.3 is 0 Å². The Morgan fingerprint density at radius 1 is 0.938 bits per heavy atom. The summed E-state index contributed by atoms with van der Waals surface area (Å²) >= 11 is 0. The highest BCUT2D eigenvalue weighted by atomic mass is 16.5. The van der Waals surface area contributed by atoms with Gasteiger partial charge in [-0.05, 0) is 41.7 Å². The summed E-state index contributed by atoms with van der Waals surface area (Å²) in [6.45, 7) is 0.888. The van der Waals surface area contributed by atoms with Crippen LogP contribution in [0.1, 0.15) is 12.0 Å². The van der Waals surface area contributed by atoms with E-state index in [2.05, 4.69) is 29.6 Å². The van der Waals surface area contributed by atoms with E-state index in [1.165, 1.54) is 0 Å². The SMILES string of the molecule is CNC(=O)C1(Cc2ccccc2-c2ccccc2)CCN(C(=O)COc2ccccc2)C1. The molecule has 4 rings (SSSR count). The Hall–Kier alpha value is -3.60. The molecular formula is C27H28N2O3. The van der Waals surface area contributed by atoms with Crippen LogP contribution >= 0.6 is 0 Å². The van der Waals surface area contributed by atoms with Crippen molar-refractivity contribution < 1.29 is 14.3 Å². The molecule has 5 heteroatoms. The molecule has 1 unspecified atom stereocenters. The molecule has 1 aliphatic heterocycles. The van der Waals surface area contributed by atoms with Crippen molar-refractivity contribution in [2.45, 2.75) is 12.8 Å². The Labute approximate surface area is 189 Å². The molecule has 2 amide bonds. The Bertz CT molecular complexity index is 1070. The fourth-order valence-electron chi connectivity index (χ4n) is 4.45. The molecule has 0 radical (unpaired) electrons. The third-order valence-corrected chi connectivity index (χ3v) is 6.15. The minimum Gasteiger partial charge on any atom is -0.484 e.